The van der Waals surface area contributed by atoms with Gasteiger partial charge >= 0.3 is 6.03 Å². The molecule has 1 aliphatic rings. The highest BCUT2D eigenvalue weighted by Gasteiger charge is 2.18. The number of imide groups is 1. The third kappa shape index (κ3) is 4.29. The van der Waals surface area contributed by atoms with Crippen LogP contribution in [-0.4, -0.2) is 37.4 Å². The lowest BCUT2D eigenvalue weighted by Gasteiger charge is -2.13. The van der Waals surface area contributed by atoms with E-state index in [0.29, 0.717) is 19.0 Å². The molecule has 0 bridgehead atoms. The number of carbonyl (C=O) groups excluding carboxylic acids is 2. The fourth-order valence-corrected chi connectivity index (χ4v) is 2.65. The third-order valence-corrected chi connectivity index (χ3v) is 3.96. The largest absolute Gasteiger partial charge is 0.490 e. The van der Waals surface area contributed by atoms with E-state index in [2.05, 4.69) is 10.6 Å². The lowest BCUT2D eigenvalue weighted by atomic mass is 10.3. The molecular formula is C14H18N2O4S. The van der Waals surface area contributed by atoms with Gasteiger partial charge in [0.15, 0.2) is 11.5 Å². The van der Waals surface area contributed by atoms with Crippen molar-refractivity contribution in [1.29, 1.82) is 0 Å². The molecule has 1 atom stereocenters. The van der Waals surface area contributed by atoms with Crippen molar-refractivity contribution in [2.24, 2.45) is 0 Å². The second-order valence-electron chi connectivity index (χ2n) is 4.49. The van der Waals surface area contributed by atoms with E-state index in [1.165, 1.54) is 18.8 Å². The molecule has 0 aliphatic carbocycles. The molecular weight excluding hydrogens is 292 g/mol. The summed E-state index contributed by atoms with van der Waals surface area (Å²) < 4.78 is 11.2. The molecule has 0 fully saturated rings. The van der Waals surface area contributed by atoms with Gasteiger partial charge in [0.1, 0.15) is 0 Å². The Morgan fingerprint density at radius 3 is 2.67 bits per heavy atom. The molecule has 0 radical (unpaired) electrons. The van der Waals surface area contributed by atoms with Gasteiger partial charge in [0.2, 0.25) is 5.91 Å². The summed E-state index contributed by atoms with van der Waals surface area (Å²) >= 11 is 1.36. The smallest absolute Gasteiger partial charge is 0.321 e. The van der Waals surface area contributed by atoms with E-state index in [-0.39, 0.29) is 5.91 Å². The van der Waals surface area contributed by atoms with Crippen molar-refractivity contribution in [1.82, 2.24) is 10.6 Å². The molecule has 0 saturated carbocycles. The Hall–Kier alpha value is -1.89. The summed E-state index contributed by atoms with van der Waals surface area (Å²) in [6.07, 6.45) is 0.849. The molecule has 3 amide bonds. The van der Waals surface area contributed by atoms with Crippen LogP contribution in [0.15, 0.2) is 23.1 Å². The SMILES string of the molecule is CNC(=O)NC(=O)[C@H](C)Sc1ccc2c(c1)OCCCO2. The Balaban J connectivity index is 2.01. The molecule has 0 saturated heterocycles. The lowest BCUT2D eigenvalue weighted by molar-refractivity contribution is -0.119. The number of rotatable bonds is 3. The van der Waals surface area contributed by atoms with Crippen LogP contribution >= 0.6 is 11.8 Å². The fraction of sp³-hybridized carbons (Fsp3) is 0.429. The summed E-state index contributed by atoms with van der Waals surface area (Å²) in [7, 11) is 1.46. The summed E-state index contributed by atoms with van der Waals surface area (Å²) in [5.41, 5.74) is 0. The van der Waals surface area contributed by atoms with Crippen LogP contribution in [0, 0.1) is 0 Å². The van der Waals surface area contributed by atoms with Gasteiger partial charge < -0.3 is 14.8 Å². The highest BCUT2D eigenvalue weighted by Crippen LogP contribution is 2.35. The van der Waals surface area contributed by atoms with Crippen LogP contribution in [0.25, 0.3) is 0 Å². The van der Waals surface area contributed by atoms with Crippen LogP contribution in [0.5, 0.6) is 11.5 Å². The van der Waals surface area contributed by atoms with Gasteiger partial charge in [0, 0.05) is 18.4 Å². The normalized spacial score (nSPS) is 14.8. The average molecular weight is 310 g/mol. The first-order chi connectivity index (χ1) is 10.1. The minimum atomic E-state index is -0.508. The van der Waals surface area contributed by atoms with Crippen molar-refractivity contribution in [3.63, 3.8) is 0 Å². The summed E-state index contributed by atoms with van der Waals surface area (Å²) in [6, 6.07) is 5.06. The third-order valence-electron chi connectivity index (χ3n) is 2.86. The Morgan fingerprint density at radius 1 is 1.24 bits per heavy atom. The molecule has 6 nitrogen and oxygen atoms in total. The van der Waals surface area contributed by atoms with E-state index in [4.69, 9.17) is 9.47 Å². The van der Waals surface area contributed by atoms with Gasteiger partial charge in [-0.05, 0) is 25.1 Å². The van der Waals surface area contributed by atoms with Crippen molar-refractivity contribution in [2.45, 2.75) is 23.5 Å². The van der Waals surface area contributed by atoms with Crippen LogP contribution in [0.1, 0.15) is 13.3 Å². The lowest BCUT2D eigenvalue weighted by Crippen LogP contribution is -2.41. The van der Waals surface area contributed by atoms with Gasteiger partial charge in [0.25, 0.3) is 0 Å². The predicted molar refractivity (Wildman–Crippen MR) is 80.0 cm³/mol. The zero-order chi connectivity index (χ0) is 15.2. The number of benzene rings is 1. The second-order valence-corrected chi connectivity index (χ2v) is 5.90. The summed E-state index contributed by atoms with van der Waals surface area (Å²) in [5.74, 6) is 1.07. The van der Waals surface area contributed by atoms with E-state index in [0.717, 1.165) is 17.1 Å². The zero-order valence-corrected chi connectivity index (χ0v) is 12.8. The Bertz CT molecular complexity index is 536. The fourth-order valence-electron chi connectivity index (χ4n) is 1.75. The maximum atomic E-state index is 11.8. The van der Waals surface area contributed by atoms with Crippen LogP contribution in [0.2, 0.25) is 0 Å². The van der Waals surface area contributed by atoms with E-state index >= 15 is 0 Å². The molecule has 0 spiro atoms. The zero-order valence-electron chi connectivity index (χ0n) is 12.0. The predicted octanol–water partition coefficient (Wildman–Crippen LogP) is 1.78. The van der Waals surface area contributed by atoms with Crippen molar-refractivity contribution in [2.75, 3.05) is 20.3 Å². The number of nitrogens with one attached hydrogen (secondary N) is 2. The molecule has 0 unspecified atom stereocenters. The van der Waals surface area contributed by atoms with E-state index in [1.54, 1.807) is 6.92 Å². The molecule has 1 aromatic rings. The topological polar surface area (TPSA) is 76.7 Å². The molecule has 7 heteroatoms. The van der Waals surface area contributed by atoms with Gasteiger partial charge in [-0.15, -0.1) is 11.8 Å². The van der Waals surface area contributed by atoms with Crippen molar-refractivity contribution < 1.29 is 19.1 Å². The number of amides is 3. The number of fused-ring (bicyclic) bond motifs is 1. The van der Waals surface area contributed by atoms with E-state index < -0.39 is 11.3 Å². The number of ether oxygens (including phenoxy) is 2. The van der Waals surface area contributed by atoms with Crippen molar-refractivity contribution in [3.8, 4) is 11.5 Å². The van der Waals surface area contributed by atoms with Crippen LogP contribution in [0.4, 0.5) is 4.79 Å². The average Bonchev–Trinajstić information content (AvgIpc) is 2.71. The van der Waals surface area contributed by atoms with Crippen LogP contribution < -0.4 is 20.1 Å². The molecule has 21 heavy (non-hydrogen) atoms. The number of hydrogen-bond donors (Lipinski definition) is 2. The highest BCUT2D eigenvalue weighted by atomic mass is 32.2. The number of carbonyl (C=O) groups is 2. The highest BCUT2D eigenvalue weighted by molar-refractivity contribution is 8.00. The molecule has 1 aliphatic heterocycles. The molecule has 1 heterocycles. The molecule has 2 N–H and O–H groups in total. The number of urea groups is 1. The van der Waals surface area contributed by atoms with Crippen molar-refractivity contribution >= 4 is 23.7 Å². The molecule has 114 valence electrons. The van der Waals surface area contributed by atoms with Gasteiger partial charge in [0.05, 0.1) is 18.5 Å². The quantitative estimate of drug-likeness (QED) is 0.832. The summed E-state index contributed by atoms with van der Waals surface area (Å²) in [4.78, 5) is 23.8. The Morgan fingerprint density at radius 2 is 1.95 bits per heavy atom. The van der Waals surface area contributed by atoms with Gasteiger partial charge in [-0.25, -0.2) is 4.79 Å². The van der Waals surface area contributed by atoms with E-state index in [1.807, 2.05) is 18.2 Å². The Kier molecular flexibility index (Phi) is 5.32. The molecule has 1 aromatic carbocycles. The van der Waals surface area contributed by atoms with Gasteiger partial charge in [-0.3, -0.25) is 10.1 Å². The maximum absolute atomic E-state index is 11.8. The first kappa shape index (κ1) is 15.5. The molecule has 0 aromatic heterocycles. The number of hydrogen-bond acceptors (Lipinski definition) is 5. The first-order valence-electron chi connectivity index (χ1n) is 6.69. The van der Waals surface area contributed by atoms with E-state index in [9.17, 15) is 9.59 Å². The minimum Gasteiger partial charge on any atom is -0.490 e. The first-order valence-corrected chi connectivity index (χ1v) is 7.57. The number of thioether (sulfide) groups is 1. The van der Waals surface area contributed by atoms with Crippen LogP contribution in [0.3, 0.4) is 0 Å². The summed E-state index contributed by atoms with van der Waals surface area (Å²) in [6.45, 7) is 3.00. The second kappa shape index (κ2) is 7.21. The van der Waals surface area contributed by atoms with Gasteiger partial charge in [-0.1, -0.05) is 0 Å². The molecule has 2 rings (SSSR count). The maximum Gasteiger partial charge on any atom is 0.321 e. The summed E-state index contributed by atoms with van der Waals surface area (Å²) in [5, 5.41) is 4.21. The van der Waals surface area contributed by atoms with Crippen LogP contribution in [-0.2, 0) is 4.79 Å². The van der Waals surface area contributed by atoms with Gasteiger partial charge in [-0.2, -0.15) is 0 Å². The minimum absolute atomic E-state index is 0.341. The van der Waals surface area contributed by atoms with Crippen molar-refractivity contribution in [3.05, 3.63) is 18.2 Å². The monoisotopic (exact) mass is 310 g/mol. The standard InChI is InChI=1S/C14H18N2O4S/c1-9(13(17)16-14(18)15-2)21-10-4-5-11-12(8-10)20-7-3-6-19-11/h4-5,8-9H,3,6-7H2,1-2H3,(H2,15,16,17,18)/t9-/m0/s1. The Labute approximate surface area is 127 Å².